The number of nitrogens with one attached hydrogen (secondary N) is 2. The van der Waals surface area contributed by atoms with Crippen molar-refractivity contribution in [2.75, 3.05) is 20.2 Å². The Morgan fingerprint density at radius 2 is 1.83 bits per heavy atom. The van der Waals surface area contributed by atoms with Crippen LogP contribution in [0.2, 0.25) is 0 Å². The third-order valence-corrected chi connectivity index (χ3v) is 4.08. The molecule has 2 amide bonds. The van der Waals surface area contributed by atoms with Crippen LogP contribution in [-0.4, -0.2) is 38.0 Å². The molecule has 23 heavy (non-hydrogen) atoms. The number of unbranched alkanes of at least 4 members (excludes halogenated alkanes) is 2. The maximum atomic E-state index is 11.9. The van der Waals surface area contributed by atoms with Crippen molar-refractivity contribution in [2.45, 2.75) is 25.7 Å². The standard InChI is InChI=1S/C16H21IN2O4/c1-23-15(21)9-3-2-6-10-18-14(20)11-19-16(22)12-7-4-5-8-13(12)17/h4-5,7-8H,2-3,6,9-11H2,1H3,(H,18,20)(H,19,22). The van der Waals surface area contributed by atoms with E-state index in [0.29, 0.717) is 18.5 Å². The fourth-order valence-corrected chi connectivity index (χ4v) is 2.50. The fraction of sp³-hybridized carbons (Fsp3) is 0.438. The monoisotopic (exact) mass is 432 g/mol. The molecule has 1 rings (SSSR count). The van der Waals surface area contributed by atoms with Gasteiger partial charge >= 0.3 is 5.97 Å². The molecule has 0 saturated heterocycles. The van der Waals surface area contributed by atoms with Crippen molar-refractivity contribution >= 4 is 40.4 Å². The van der Waals surface area contributed by atoms with E-state index in [2.05, 4.69) is 38.0 Å². The highest BCUT2D eigenvalue weighted by Gasteiger charge is 2.10. The number of carbonyl (C=O) groups is 3. The van der Waals surface area contributed by atoms with Crippen molar-refractivity contribution in [3.8, 4) is 0 Å². The van der Waals surface area contributed by atoms with Gasteiger partial charge in [0.15, 0.2) is 0 Å². The Bertz CT molecular complexity index is 549. The van der Waals surface area contributed by atoms with Gasteiger partial charge in [0.2, 0.25) is 5.91 Å². The van der Waals surface area contributed by atoms with E-state index in [4.69, 9.17) is 0 Å². The van der Waals surface area contributed by atoms with Crippen LogP contribution < -0.4 is 10.6 Å². The summed E-state index contributed by atoms with van der Waals surface area (Å²) in [6, 6.07) is 7.19. The van der Waals surface area contributed by atoms with Crippen LogP contribution in [0, 0.1) is 3.57 Å². The topological polar surface area (TPSA) is 84.5 Å². The molecule has 0 saturated carbocycles. The van der Waals surface area contributed by atoms with Crippen LogP contribution in [0.3, 0.4) is 0 Å². The zero-order chi connectivity index (χ0) is 17.1. The van der Waals surface area contributed by atoms with E-state index >= 15 is 0 Å². The third-order valence-electron chi connectivity index (χ3n) is 3.14. The van der Waals surface area contributed by atoms with E-state index in [1.807, 2.05) is 12.1 Å². The molecule has 7 heteroatoms. The lowest BCUT2D eigenvalue weighted by Gasteiger charge is -2.08. The Morgan fingerprint density at radius 1 is 1.09 bits per heavy atom. The predicted octanol–water partition coefficient (Wildman–Crippen LogP) is 1.87. The van der Waals surface area contributed by atoms with E-state index in [1.165, 1.54) is 7.11 Å². The van der Waals surface area contributed by atoms with Crippen molar-refractivity contribution in [3.05, 3.63) is 33.4 Å². The van der Waals surface area contributed by atoms with Crippen molar-refractivity contribution in [2.24, 2.45) is 0 Å². The Hall–Kier alpha value is -1.64. The lowest BCUT2D eigenvalue weighted by atomic mass is 10.2. The highest BCUT2D eigenvalue weighted by molar-refractivity contribution is 14.1. The molecule has 0 heterocycles. The molecular weight excluding hydrogens is 411 g/mol. The minimum absolute atomic E-state index is 0.0496. The van der Waals surface area contributed by atoms with Gasteiger partial charge in [0, 0.05) is 16.5 Å². The number of amides is 2. The molecule has 0 bridgehead atoms. The van der Waals surface area contributed by atoms with Gasteiger partial charge in [-0.05, 0) is 47.6 Å². The Morgan fingerprint density at radius 3 is 2.52 bits per heavy atom. The minimum Gasteiger partial charge on any atom is -0.469 e. The molecule has 0 aliphatic rings. The molecule has 0 atom stereocenters. The number of benzene rings is 1. The van der Waals surface area contributed by atoms with Crippen LogP contribution in [-0.2, 0) is 14.3 Å². The summed E-state index contributed by atoms with van der Waals surface area (Å²) in [6.07, 6.45) is 2.76. The molecule has 1 aromatic rings. The van der Waals surface area contributed by atoms with Gasteiger partial charge in [0.05, 0.1) is 19.2 Å². The number of esters is 1. The van der Waals surface area contributed by atoms with Gasteiger partial charge in [0.25, 0.3) is 5.91 Å². The first-order valence-electron chi connectivity index (χ1n) is 7.41. The van der Waals surface area contributed by atoms with Crippen LogP contribution in [0.25, 0.3) is 0 Å². The summed E-state index contributed by atoms with van der Waals surface area (Å²) in [5.74, 6) is -0.701. The highest BCUT2D eigenvalue weighted by atomic mass is 127. The largest absolute Gasteiger partial charge is 0.469 e. The quantitative estimate of drug-likeness (QED) is 0.355. The molecule has 6 nitrogen and oxygen atoms in total. The van der Waals surface area contributed by atoms with E-state index in [-0.39, 0.29) is 24.3 Å². The van der Waals surface area contributed by atoms with E-state index < -0.39 is 0 Å². The van der Waals surface area contributed by atoms with Gasteiger partial charge < -0.3 is 15.4 Å². The highest BCUT2D eigenvalue weighted by Crippen LogP contribution is 2.10. The van der Waals surface area contributed by atoms with Crippen molar-refractivity contribution in [1.29, 1.82) is 0 Å². The van der Waals surface area contributed by atoms with Crippen LogP contribution in [0.15, 0.2) is 24.3 Å². The van der Waals surface area contributed by atoms with Crippen LogP contribution >= 0.6 is 22.6 Å². The van der Waals surface area contributed by atoms with Gasteiger partial charge in [-0.1, -0.05) is 18.6 Å². The molecule has 0 aromatic heterocycles. The number of ether oxygens (including phenoxy) is 1. The number of carbonyl (C=O) groups excluding carboxylic acids is 3. The lowest BCUT2D eigenvalue weighted by molar-refractivity contribution is -0.140. The van der Waals surface area contributed by atoms with Crippen molar-refractivity contribution in [3.63, 3.8) is 0 Å². The fourth-order valence-electron chi connectivity index (χ4n) is 1.86. The molecule has 2 N–H and O–H groups in total. The van der Waals surface area contributed by atoms with Crippen molar-refractivity contribution in [1.82, 2.24) is 10.6 Å². The number of halogens is 1. The van der Waals surface area contributed by atoms with Gasteiger partial charge in [-0.3, -0.25) is 14.4 Å². The molecule has 0 spiro atoms. The molecule has 0 unspecified atom stereocenters. The maximum absolute atomic E-state index is 11.9. The lowest BCUT2D eigenvalue weighted by Crippen LogP contribution is -2.37. The average Bonchev–Trinajstić information content (AvgIpc) is 2.55. The van der Waals surface area contributed by atoms with Gasteiger partial charge in [0.1, 0.15) is 0 Å². The summed E-state index contributed by atoms with van der Waals surface area (Å²) >= 11 is 2.08. The summed E-state index contributed by atoms with van der Waals surface area (Å²) in [4.78, 5) is 34.5. The molecule has 0 fully saturated rings. The van der Waals surface area contributed by atoms with E-state index in [0.717, 1.165) is 22.8 Å². The number of hydrogen-bond donors (Lipinski definition) is 2. The molecule has 0 radical (unpaired) electrons. The van der Waals surface area contributed by atoms with Gasteiger partial charge in [-0.25, -0.2) is 0 Å². The zero-order valence-electron chi connectivity index (χ0n) is 13.1. The molecule has 1 aromatic carbocycles. The first kappa shape index (κ1) is 19.4. The molecule has 0 aliphatic heterocycles. The molecule has 0 aliphatic carbocycles. The Balaban J connectivity index is 2.14. The van der Waals surface area contributed by atoms with E-state index in [9.17, 15) is 14.4 Å². The van der Waals surface area contributed by atoms with Crippen LogP contribution in [0.4, 0.5) is 0 Å². The summed E-state index contributed by atoms with van der Waals surface area (Å²) in [5, 5.41) is 5.33. The summed E-state index contributed by atoms with van der Waals surface area (Å²) in [7, 11) is 1.37. The zero-order valence-corrected chi connectivity index (χ0v) is 15.2. The van der Waals surface area contributed by atoms with Gasteiger partial charge in [-0.2, -0.15) is 0 Å². The normalized spacial score (nSPS) is 10.0. The SMILES string of the molecule is COC(=O)CCCCCNC(=O)CNC(=O)c1ccccc1I. The second-order valence-electron chi connectivity index (χ2n) is 4.90. The maximum Gasteiger partial charge on any atom is 0.305 e. The summed E-state index contributed by atoms with van der Waals surface area (Å²) in [5.41, 5.74) is 0.559. The average molecular weight is 432 g/mol. The second kappa shape index (κ2) is 11.0. The smallest absolute Gasteiger partial charge is 0.305 e. The molecular formula is C16H21IN2O4. The first-order valence-corrected chi connectivity index (χ1v) is 8.48. The number of hydrogen-bond acceptors (Lipinski definition) is 4. The number of rotatable bonds is 9. The minimum atomic E-state index is -0.261. The first-order chi connectivity index (χ1) is 11.0. The number of methoxy groups -OCH3 is 1. The van der Waals surface area contributed by atoms with Crippen LogP contribution in [0.5, 0.6) is 0 Å². The second-order valence-corrected chi connectivity index (χ2v) is 6.06. The van der Waals surface area contributed by atoms with Crippen LogP contribution in [0.1, 0.15) is 36.0 Å². The predicted molar refractivity (Wildman–Crippen MR) is 95.0 cm³/mol. The van der Waals surface area contributed by atoms with Gasteiger partial charge in [-0.15, -0.1) is 0 Å². The van der Waals surface area contributed by atoms with E-state index in [1.54, 1.807) is 12.1 Å². The molecule has 126 valence electrons. The Kier molecular flexibility index (Phi) is 9.27. The summed E-state index contributed by atoms with van der Waals surface area (Å²) in [6.45, 7) is 0.477. The Labute approximate surface area is 149 Å². The summed E-state index contributed by atoms with van der Waals surface area (Å²) < 4.78 is 5.39. The third kappa shape index (κ3) is 7.96. The van der Waals surface area contributed by atoms with Crippen molar-refractivity contribution < 1.29 is 19.1 Å².